The number of aliphatic hydroxyl groups is 1. The minimum Gasteiger partial charge on any atom is -0.393 e. The van der Waals surface area contributed by atoms with Gasteiger partial charge in [-0.05, 0) is 12.8 Å². The Morgan fingerprint density at radius 3 is 2.22 bits per heavy atom. The highest BCUT2D eigenvalue weighted by Crippen LogP contribution is 2.38. The Hall–Kier alpha value is 0.0249. The van der Waals surface area contributed by atoms with E-state index in [4.69, 9.17) is 13.0 Å². The van der Waals surface area contributed by atoms with E-state index in [0.29, 0.717) is 0 Å². The molecule has 50 valence electrons. The van der Waals surface area contributed by atoms with Gasteiger partial charge in [0, 0.05) is 0 Å². The standard InChI is InChI=1S/C7H13BO/c1-7(8)4-2-6(9)3-5-7/h6,9H,2-5H2,1H3. The topological polar surface area (TPSA) is 20.2 Å². The summed E-state index contributed by atoms with van der Waals surface area (Å²) in [4.78, 5) is 0. The lowest BCUT2D eigenvalue weighted by Crippen LogP contribution is -2.21. The van der Waals surface area contributed by atoms with Crippen LogP contribution in [0.15, 0.2) is 0 Å². The molecule has 2 heteroatoms. The molecule has 1 aliphatic carbocycles. The lowest BCUT2D eigenvalue weighted by Gasteiger charge is -2.32. The average molecular weight is 124 g/mol. The van der Waals surface area contributed by atoms with Crippen molar-refractivity contribution in [1.29, 1.82) is 0 Å². The second kappa shape index (κ2) is 2.33. The van der Waals surface area contributed by atoms with E-state index in [-0.39, 0.29) is 11.4 Å². The summed E-state index contributed by atoms with van der Waals surface area (Å²) in [6.07, 6.45) is 3.61. The molecule has 1 saturated carbocycles. The van der Waals surface area contributed by atoms with Crippen molar-refractivity contribution in [1.82, 2.24) is 0 Å². The van der Waals surface area contributed by atoms with E-state index in [1.807, 2.05) is 0 Å². The molecule has 0 aromatic heterocycles. The molecule has 1 aliphatic rings. The zero-order valence-electron chi connectivity index (χ0n) is 5.93. The van der Waals surface area contributed by atoms with Crippen molar-refractivity contribution in [2.45, 2.75) is 44.0 Å². The highest BCUT2D eigenvalue weighted by atomic mass is 16.3. The molecule has 0 aromatic carbocycles. The van der Waals surface area contributed by atoms with E-state index in [1.54, 1.807) is 0 Å². The molecule has 0 amide bonds. The van der Waals surface area contributed by atoms with Gasteiger partial charge in [0.25, 0.3) is 0 Å². The second-order valence-electron chi connectivity index (χ2n) is 3.39. The molecule has 0 saturated heterocycles. The summed E-state index contributed by atoms with van der Waals surface area (Å²) >= 11 is 0. The van der Waals surface area contributed by atoms with Crippen molar-refractivity contribution in [3.8, 4) is 0 Å². The molecule has 0 spiro atoms. The van der Waals surface area contributed by atoms with Gasteiger partial charge in [0.05, 0.1) is 14.0 Å². The van der Waals surface area contributed by atoms with Crippen LogP contribution in [0.4, 0.5) is 0 Å². The van der Waals surface area contributed by atoms with Crippen molar-refractivity contribution >= 4 is 7.85 Å². The van der Waals surface area contributed by atoms with Crippen LogP contribution in [0.1, 0.15) is 32.6 Å². The molecule has 9 heavy (non-hydrogen) atoms. The third-order valence-electron chi connectivity index (χ3n) is 2.10. The number of aliphatic hydroxyl groups excluding tert-OH is 1. The third kappa shape index (κ3) is 2.01. The molecule has 1 nitrogen and oxygen atoms in total. The van der Waals surface area contributed by atoms with Gasteiger partial charge < -0.3 is 5.11 Å². The number of hydrogen-bond donors (Lipinski definition) is 1. The lowest BCUT2D eigenvalue weighted by atomic mass is 9.61. The van der Waals surface area contributed by atoms with Gasteiger partial charge >= 0.3 is 0 Å². The Balaban J connectivity index is 2.35. The maximum absolute atomic E-state index is 9.09. The molecule has 0 aromatic rings. The normalized spacial score (nSPS) is 44.9. The summed E-state index contributed by atoms with van der Waals surface area (Å²) in [5.74, 6) is 0. The van der Waals surface area contributed by atoms with E-state index in [9.17, 15) is 0 Å². The molecule has 0 atom stereocenters. The van der Waals surface area contributed by atoms with E-state index < -0.39 is 0 Å². The van der Waals surface area contributed by atoms with Crippen molar-refractivity contribution in [3.63, 3.8) is 0 Å². The minimum absolute atomic E-state index is 0.000764. The first-order valence-electron chi connectivity index (χ1n) is 3.57. The fourth-order valence-corrected chi connectivity index (χ4v) is 1.26. The number of rotatable bonds is 0. The van der Waals surface area contributed by atoms with Crippen LogP contribution in [-0.4, -0.2) is 19.1 Å². The predicted octanol–water partition coefficient (Wildman–Crippen LogP) is 1.27. The van der Waals surface area contributed by atoms with Gasteiger partial charge in [0.2, 0.25) is 0 Å². The first kappa shape index (κ1) is 7.14. The Kier molecular flexibility index (Phi) is 1.85. The first-order valence-corrected chi connectivity index (χ1v) is 3.57. The Bertz CT molecular complexity index is 91.1. The fraction of sp³-hybridized carbons (Fsp3) is 1.00. The van der Waals surface area contributed by atoms with E-state index >= 15 is 0 Å². The lowest BCUT2D eigenvalue weighted by molar-refractivity contribution is 0.116. The highest BCUT2D eigenvalue weighted by Gasteiger charge is 2.24. The quantitative estimate of drug-likeness (QED) is 0.482. The van der Waals surface area contributed by atoms with Crippen LogP contribution in [0, 0.1) is 0 Å². The van der Waals surface area contributed by atoms with Crippen molar-refractivity contribution < 1.29 is 5.11 Å². The van der Waals surface area contributed by atoms with Crippen LogP contribution in [0.2, 0.25) is 5.31 Å². The van der Waals surface area contributed by atoms with Gasteiger partial charge in [-0.25, -0.2) is 0 Å². The van der Waals surface area contributed by atoms with Crippen LogP contribution >= 0.6 is 0 Å². The van der Waals surface area contributed by atoms with Gasteiger partial charge in [-0.3, -0.25) is 0 Å². The SMILES string of the molecule is [B]C1(C)CCC(O)CC1. The van der Waals surface area contributed by atoms with E-state index in [2.05, 4.69) is 6.92 Å². The highest BCUT2D eigenvalue weighted by molar-refractivity contribution is 6.14. The second-order valence-corrected chi connectivity index (χ2v) is 3.39. The summed E-state index contributed by atoms with van der Waals surface area (Å²) in [5.41, 5.74) is 0. The molecule has 1 N–H and O–H groups in total. The van der Waals surface area contributed by atoms with Gasteiger partial charge in [0.1, 0.15) is 0 Å². The largest absolute Gasteiger partial charge is 0.393 e. The van der Waals surface area contributed by atoms with Crippen LogP contribution in [0.3, 0.4) is 0 Å². The summed E-state index contributed by atoms with van der Waals surface area (Å²) < 4.78 is 0. The van der Waals surface area contributed by atoms with E-state index in [0.717, 1.165) is 25.7 Å². The Morgan fingerprint density at radius 1 is 1.44 bits per heavy atom. The molecule has 0 unspecified atom stereocenters. The maximum atomic E-state index is 9.09. The Morgan fingerprint density at radius 2 is 1.89 bits per heavy atom. The van der Waals surface area contributed by atoms with E-state index in [1.165, 1.54) is 0 Å². The molecule has 1 fully saturated rings. The fourth-order valence-electron chi connectivity index (χ4n) is 1.26. The zero-order chi connectivity index (χ0) is 6.91. The molecule has 2 radical (unpaired) electrons. The van der Waals surface area contributed by atoms with Crippen molar-refractivity contribution in [2.75, 3.05) is 0 Å². The summed E-state index contributed by atoms with van der Waals surface area (Å²) in [6.45, 7) is 2.05. The van der Waals surface area contributed by atoms with Crippen molar-refractivity contribution in [3.05, 3.63) is 0 Å². The predicted molar refractivity (Wildman–Crippen MR) is 38.6 cm³/mol. The monoisotopic (exact) mass is 124 g/mol. The van der Waals surface area contributed by atoms with Crippen molar-refractivity contribution in [2.24, 2.45) is 0 Å². The molecule has 1 rings (SSSR count). The van der Waals surface area contributed by atoms with Crippen LogP contribution < -0.4 is 0 Å². The Labute approximate surface area is 57.9 Å². The summed E-state index contributed by atoms with van der Waals surface area (Å²) in [6, 6.07) is 0. The average Bonchev–Trinajstić information content (AvgIpc) is 1.78. The summed E-state index contributed by atoms with van der Waals surface area (Å²) in [7, 11) is 5.83. The third-order valence-corrected chi connectivity index (χ3v) is 2.10. The zero-order valence-corrected chi connectivity index (χ0v) is 5.93. The van der Waals surface area contributed by atoms with Gasteiger partial charge in [0.15, 0.2) is 0 Å². The van der Waals surface area contributed by atoms with Gasteiger partial charge in [-0.1, -0.05) is 25.1 Å². The van der Waals surface area contributed by atoms with Crippen LogP contribution in [0.25, 0.3) is 0 Å². The van der Waals surface area contributed by atoms with Crippen LogP contribution in [-0.2, 0) is 0 Å². The summed E-state index contributed by atoms with van der Waals surface area (Å²) in [5, 5.41) is 9.09. The smallest absolute Gasteiger partial charge is 0.0742 e. The molecular formula is C7H13BO. The minimum atomic E-state index is -0.0818. The maximum Gasteiger partial charge on any atom is 0.0742 e. The molecule has 0 heterocycles. The van der Waals surface area contributed by atoms with Gasteiger partial charge in [-0.15, -0.1) is 0 Å². The van der Waals surface area contributed by atoms with Crippen LogP contribution in [0.5, 0.6) is 0 Å². The number of hydrogen-bond acceptors (Lipinski definition) is 1. The molecule has 0 aliphatic heterocycles. The first-order chi connectivity index (χ1) is 4.10. The van der Waals surface area contributed by atoms with Gasteiger partial charge in [-0.2, -0.15) is 0 Å². The molecular weight excluding hydrogens is 111 g/mol. The molecule has 0 bridgehead atoms.